The molecule has 0 saturated carbocycles. The van der Waals surface area contributed by atoms with Crippen molar-refractivity contribution in [2.24, 2.45) is 11.7 Å². The fourth-order valence-corrected chi connectivity index (χ4v) is 2.76. The molecule has 2 aromatic rings. The molecule has 4 nitrogen and oxygen atoms in total. The predicted octanol–water partition coefficient (Wildman–Crippen LogP) is 2.86. The molecular weight excluding hydrogens is 264 g/mol. The molecule has 0 saturated heterocycles. The number of benzene rings is 1. The maximum absolute atomic E-state index is 12.5. The Balaban J connectivity index is 1.79. The van der Waals surface area contributed by atoms with Crippen molar-refractivity contribution in [2.75, 3.05) is 7.05 Å². The van der Waals surface area contributed by atoms with Crippen molar-refractivity contribution in [3.8, 4) is 0 Å². The van der Waals surface area contributed by atoms with Crippen molar-refractivity contribution in [3.05, 3.63) is 48.2 Å². The van der Waals surface area contributed by atoms with E-state index in [0.29, 0.717) is 6.42 Å². The van der Waals surface area contributed by atoms with Crippen molar-refractivity contribution in [1.82, 2.24) is 4.90 Å². The van der Waals surface area contributed by atoms with Gasteiger partial charge in [0.25, 0.3) is 0 Å². The summed E-state index contributed by atoms with van der Waals surface area (Å²) in [5.41, 5.74) is 6.68. The van der Waals surface area contributed by atoms with Gasteiger partial charge >= 0.3 is 0 Å². The van der Waals surface area contributed by atoms with Gasteiger partial charge in [-0.05, 0) is 25.5 Å². The molecule has 21 heavy (non-hydrogen) atoms. The third-order valence-corrected chi connectivity index (χ3v) is 4.22. The van der Waals surface area contributed by atoms with Crippen LogP contribution in [0, 0.1) is 5.92 Å². The standard InChI is InChI=1S/C17H20N2O2/c1-11(16-10-12-5-3-4-6-15(12)21-16)19(2)17(20)13-7-8-14(18)9-13/h3-8,10-11,13-14H,9,18H2,1-2H3. The maximum atomic E-state index is 12.5. The number of amides is 1. The normalized spacial score (nSPS) is 22.6. The van der Waals surface area contributed by atoms with E-state index < -0.39 is 0 Å². The Morgan fingerprint density at radius 1 is 1.38 bits per heavy atom. The second-order valence-corrected chi connectivity index (χ2v) is 5.70. The SMILES string of the molecule is CC(c1cc2ccccc2o1)N(C)C(=O)C1C=CC(N)C1. The van der Waals surface area contributed by atoms with Gasteiger partial charge in [0, 0.05) is 18.5 Å². The van der Waals surface area contributed by atoms with Crippen molar-refractivity contribution < 1.29 is 9.21 Å². The minimum absolute atomic E-state index is 0.00569. The van der Waals surface area contributed by atoms with Crippen molar-refractivity contribution in [1.29, 1.82) is 0 Å². The summed E-state index contributed by atoms with van der Waals surface area (Å²) in [4.78, 5) is 14.2. The number of carbonyl (C=O) groups is 1. The molecule has 0 bridgehead atoms. The quantitative estimate of drug-likeness (QED) is 0.882. The Labute approximate surface area is 124 Å². The minimum atomic E-state index is -0.114. The van der Waals surface area contributed by atoms with Crippen LogP contribution in [0.15, 0.2) is 46.9 Å². The van der Waals surface area contributed by atoms with E-state index in [9.17, 15) is 4.79 Å². The summed E-state index contributed by atoms with van der Waals surface area (Å²) >= 11 is 0. The highest BCUT2D eigenvalue weighted by Crippen LogP contribution is 2.29. The predicted molar refractivity (Wildman–Crippen MR) is 82.6 cm³/mol. The van der Waals surface area contributed by atoms with Gasteiger partial charge in [-0.1, -0.05) is 30.4 Å². The van der Waals surface area contributed by atoms with Crippen LogP contribution >= 0.6 is 0 Å². The molecule has 1 aromatic carbocycles. The number of para-hydroxylation sites is 1. The molecule has 3 rings (SSSR count). The van der Waals surface area contributed by atoms with E-state index in [1.165, 1.54) is 0 Å². The largest absolute Gasteiger partial charge is 0.459 e. The van der Waals surface area contributed by atoms with Crippen LogP contribution in [0.3, 0.4) is 0 Å². The molecule has 1 amide bonds. The van der Waals surface area contributed by atoms with Gasteiger partial charge in [0.1, 0.15) is 11.3 Å². The molecule has 0 fully saturated rings. The van der Waals surface area contributed by atoms with Gasteiger partial charge in [-0.2, -0.15) is 0 Å². The molecule has 0 aliphatic heterocycles. The van der Waals surface area contributed by atoms with Gasteiger partial charge in [0.15, 0.2) is 0 Å². The molecule has 1 aliphatic rings. The smallest absolute Gasteiger partial charge is 0.229 e. The summed E-state index contributed by atoms with van der Waals surface area (Å²) in [7, 11) is 1.82. The molecule has 1 heterocycles. The molecule has 4 heteroatoms. The lowest BCUT2D eigenvalue weighted by Gasteiger charge is -2.25. The van der Waals surface area contributed by atoms with Crippen LogP contribution in [-0.4, -0.2) is 23.9 Å². The van der Waals surface area contributed by atoms with Crippen molar-refractivity contribution >= 4 is 16.9 Å². The molecule has 110 valence electrons. The molecule has 3 unspecified atom stereocenters. The number of hydrogen-bond donors (Lipinski definition) is 1. The first-order valence-corrected chi connectivity index (χ1v) is 7.25. The van der Waals surface area contributed by atoms with E-state index in [-0.39, 0.29) is 23.9 Å². The summed E-state index contributed by atoms with van der Waals surface area (Å²) in [5, 5.41) is 1.06. The van der Waals surface area contributed by atoms with Crippen LogP contribution in [-0.2, 0) is 4.79 Å². The first-order chi connectivity index (χ1) is 10.1. The highest BCUT2D eigenvalue weighted by atomic mass is 16.3. The monoisotopic (exact) mass is 284 g/mol. The zero-order valence-electron chi connectivity index (χ0n) is 12.3. The zero-order valence-corrected chi connectivity index (χ0v) is 12.3. The summed E-state index contributed by atoms with van der Waals surface area (Å²) in [6, 6.07) is 9.76. The number of nitrogens with zero attached hydrogens (tertiary/aromatic N) is 1. The number of fused-ring (bicyclic) bond motifs is 1. The highest BCUT2D eigenvalue weighted by Gasteiger charge is 2.29. The lowest BCUT2D eigenvalue weighted by Crippen LogP contribution is -2.34. The van der Waals surface area contributed by atoms with Crippen LogP contribution in [0.5, 0.6) is 0 Å². The lowest BCUT2D eigenvalue weighted by atomic mass is 10.1. The van der Waals surface area contributed by atoms with Gasteiger partial charge in [-0.15, -0.1) is 0 Å². The Hall–Kier alpha value is -2.07. The van der Waals surface area contributed by atoms with Gasteiger partial charge in [-0.3, -0.25) is 4.79 Å². The molecule has 0 spiro atoms. The van der Waals surface area contributed by atoms with Gasteiger partial charge in [0.2, 0.25) is 5.91 Å². The summed E-state index contributed by atoms with van der Waals surface area (Å²) in [6.07, 6.45) is 4.51. The average molecular weight is 284 g/mol. The third kappa shape index (κ3) is 2.59. The number of furan rings is 1. The maximum Gasteiger partial charge on any atom is 0.229 e. The Bertz CT molecular complexity index is 656. The number of carbonyl (C=O) groups excluding carboxylic acids is 1. The second-order valence-electron chi connectivity index (χ2n) is 5.70. The van der Waals surface area contributed by atoms with E-state index in [0.717, 1.165) is 16.7 Å². The number of rotatable bonds is 3. The fourth-order valence-electron chi connectivity index (χ4n) is 2.76. The van der Waals surface area contributed by atoms with Crippen molar-refractivity contribution in [2.45, 2.75) is 25.4 Å². The average Bonchev–Trinajstić information content (AvgIpc) is 3.10. The van der Waals surface area contributed by atoms with E-state index in [1.54, 1.807) is 4.90 Å². The molecule has 0 radical (unpaired) electrons. The van der Waals surface area contributed by atoms with Gasteiger partial charge in [-0.25, -0.2) is 0 Å². The molecule has 3 atom stereocenters. The van der Waals surface area contributed by atoms with Crippen LogP contribution in [0.25, 0.3) is 11.0 Å². The van der Waals surface area contributed by atoms with Crippen LogP contribution < -0.4 is 5.73 Å². The van der Waals surface area contributed by atoms with Gasteiger partial charge in [0.05, 0.1) is 12.0 Å². The highest BCUT2D eigenvalue weighted by molar-refractivity contribution is 5.82. The van der Waals surface area contributed by atoms with Crippen LogP contribution in [0.2, 0.25) is 0 Å². The molecule has 1 aliphatic carbocycles. The van der Waals surface area contributed by atoms with Crippen LogP contribution in [0.1, 0.15) is 25.1 Å². The topological polar surface area (TPSA) is 59.5 Å². The first-order valence-electron chi connectivity index (χ1n) is 7.25. The van der Waals surface area contributed by atoms with Crippen molar-refractivity contribution in [3.63, 3.8) is 0 Å². The summed E-state index contributed by atoms with van der Waals surface area (Å²) in [5.74, 6) is 0.780. The number of nitrogens with two attached hydrogens (primary N) is 1. The fraction of sp³-hybridized carbons (Fsp3) is 0.353. The second kappa shape index (κ2) is 5.37. The third-order valence-electron chi connectivity index (χ3n) is 4.22. The first kappa shape index (κ1) is 13.9. The Morgan fingerprint density at radius 3 is 2.81 bits per heavy atom. The zero-order chi connectivity index (χ0) is 15.0. The lowest BCUT2D eigenvalue weighted by molar-refractivity contribution is -0.135. The Morgan fingerprint density at radius 2 is 2.14 bits per heavy atom. The van der Waals surface area contributed by atoms with E-state index >= 15 is 0 Å². The Kier molecular flexibility index (Phi) is 3.55. The summed E-state index contributed by atoms with van der Waals surface area (Å²) in [6.45, 7) is 1.98. The molecular formula is C17H20N2O2. The number of hydrogen-bond acceptors (Lipinski definition) is 3. The van der Waals surface area contributed by atoms with E-state index in [1.807, 2.05) is 56.5 Å². The van der Waals surface area contributed by atoms with Gasteiger partial charge < -0.3 is 15.1 Å². The molecule has 2 N–H and O–H groups in total. The minimum Gasteiger partial charge on any atom is -0.459 e. The summed E-state index contributed by atoms with van der Waals surface area (Å²) < 4.78 is 5.85. The molecule has 1 aromatic heterocycles. The van der Waals surface area contributed by atoms with E-state index in [2.05, 4.69) is 0 Å². The van der Waals surface area contributed by atoms with Crippen LogP contribution in [0.4, 0.5) is 0 Å². The van der Waals surface area contributed by atoms with E-state index in [4.69, 9.17) is 10.2 Å².